The Morgan fingerprint density at radius 3 is 1.96 bits per heavy atom. The smallest absolute Gasteiger partial charge is 0.355 e. The molecule has 1 unspecified atom stereocenters. The van der Waals surface area contributed by atoms with Crippen LogP contribution in [0, 0.1) is 11.3 Å². The van der Waals surface area contributed by atoms with E-state index in [4.69, 9.17) is 15.2 Å². The molecular weight excluding hydrogens is 610 g/mol. The van der Waals surface area contributed by atoms with Gasteiger partial charge in [-0.15, -0.1) is 0 Å². The van der Waals surface area contributed by atoms with Gasteiger partial charge in [-0.1, -0.05) is 54.6 Å². The van der Waals surface area contributed by atoms with E-state index in [1.54, 1.807) is 18.2 Å². The number of allylic oxidation sites excluding steroid dienone is 1. The number of benzene rings is 3. The van der Waals surface area contributed by atoms with Crippen LogP contribution >= 0.6 is 0 Å². The average molecular weight is 631 g/mol. The summed E-state index contributed by atoms with van der Waals surface area (Å²) in [5.41, 5.74) is 1.31. The Morgan fingerprint density at radius 2 is 1.44 bits per heavy atom. The topological polar surface area (TPSA) is 237 Å². The zero-order valence-corrected chi connectivity index (χ0v) is 24.0. The highest BCUT2D eigenvalue weighted by Gasteiger charge is 2.47. The average Bonchev–Trinajstić information content (AvgIpc) is 3.02. The fourth-order valence-corrected chi connectivity index (χ4v) is 6.15. The predicted octanol–water partition coefficient (Wildman–Crippen LogP) is 1.68. The van der Waals surface area contributed by atoms with Crippen molar-refractivity contribution < 1.29 is 51.8 Å². The number of aromatic hydroxyl groups is 2. The van der Waals surface area contributed by atoms with Crippen molar-refractivity contribution in [3.63, 3.8) is 0 Å². The van der Waals surface area contributed by atoms with E-state index >= 15 is 0 Å². The standard InChI is InChI=1S/C30H21N3O11S/c1-43-29(38)19-17(13-8-4-3-5-9-13)16(12-31)28(32)33(22(19)30(39)44-2)21-18-20(25(36)27(26(21)37)45(40,41)42)24(35)15-11-7-6-10-14(15)23(18)34/h3-11,17,36-37H,32H2,1-2H3,(H,40,41,42)/p-1. The number of phenols is 2. The number of anilines is 1. The molecular formula is C30H20N3O11S-. The van der Waals surface area contributed by atoms with Crippen LogP contribution in [0.5, 0.6) is 11.5 Å². The number of nitrogens with zero attached hydrogens (tertiary/aromatic N) is 2. The minimum absolute atomic E-state index is 0.258. The number of nitrogens with two attached hydrogens (primary N) is 1. The molecule has 228 valence electrons. The van der Waals surface area contributed by atoms with Crippen molar-refractivity contribution in [1.82, 2.24) is 0 Å². The van der Waals surface area contributed by atoms with Crippen molar-refractivity contribution in [3.8, 4) is 17.6 Å². The number of carbonyl (C=O) groups is 4. The summed E-state index contributed by atoms with van der Waals surface area (Å²) in [7, 11) is -3.96. The van der Waals surface area contributed by atoms with Gasteiger partial charge >= 0.3 is 11.9 Å². The van der Waals surface area contributed by atoms with E-state index in [9.17, 15) is 47.6 Å². The van der Waals surface area contributed by atoms with E-state index in [0.717, 1.165) is 14.2 Å². The van der Waals surface area contributed by atoms with Crippen LogP contribution < -0.4 is 10.6 Å². The number of ketones is 2. The lowest BCUT2D eigenvalue weighted by molar-refractivity contribution is -0.139. The Morgan fingerprint density at radius 1 is 0.911 bits per heavy atom. The summed E-state index contributed by atoms with van der Waals surface area (Å²) in [4.78, 5) is 53.3. The summed E-state index contributed by atoms with van der Waals surface area (Å²) in [6.45, 7) is 0. The molecule has 0 amide bonds. The minimum Gasteiger partial charge on any atom is -0.744 e. The van der Waals surface area contributed by atoms with Crippen LogP contribution in [0.15, 0.2) is 82.2 Å². The summed E-state index contributed by atoms with van der Waals surface area (Å²) in [5, 5.41) is 32.6. The van der Waals surface area contributed by atoms with E-state index < -0.39 is 95.4 Å². The second-order valence-electron chi connectivity index (χ2n) is 9.62. The molecule has 0 bridgehead atoms. The number of hydrogen-bond donors (Lipinski definition) is 3. The Hall–Kier alpha value is -5.98. The van der Waals surface area contributed by atoms with Gasteiger partial charge in [0.15, 0.2) is 17.3 Å². The SMILES string of the molecule is COC(=O)C1=C(C(=O)OC)N(c2c(O)c(S(=O)(=O)[O-])c(O)c3c2C(=O)c2ccccc2C3=O)C(N)=C(C#N)C1c1ccccc1. The second-order valence-corrected chi connectivity index (χ2v) is 10.9. The monoisotopic (exact) mass is 630 g/mol. The fraction of sp³-hybridized carbons (Fsp3) is 0.100. The van der Waals surface area contributed by atoms with Crippen molar-refractivity contribution in [2.75, 3.05) is 19.1 Å². The van der Waals surface area contributed by atoms with E-state index in [0.29, 0.717) is 4.90 Å². The minimum atomic E-state index is -5.83. The van der Waals surface area contributed by atoms with Crippen molar-refractivity contribution >= 4 is 39.3 Å². The van der Waals surface area contributed by atoms with E-state index in [1.807, 2.05) is 6.07 Å². The molecule has 0 aromatic heterocycles. The van der Waals surface area contributed by atoms with Gasteiger partial charge in [0.05, 0.1) is 48.5 Å². The highest BCUT2D eigenvalue weighted by atomic mass is 32.2. The molecule has 45 heavy (non-hydrogen) atoms. The quantitative estimate of drug-likeness (QED) is 0.210. The number of nitriles is 1. The third kappa shape index (κ3) is 4.47. The molecule has 1 aliphatic carbocycles. The summed E-state index contributed by atoms with van der Waals surface area (Å²) in [6.07, 6.45) is 0. The van der Waals surface area contributed by atoms with Crippen LogP contribution in [0.3, 0.4) is 0 Å². The molecule has 1 heterocycles. The van der Waals surface area contributed by atoms with Crippen molar-refractivity contribution in [3.05, 3.63) is 105 Å². The number of ether oxygens (including phenoxy) is 2. The molecule has 1 atom stereocenters. The molecule has 3 aromatic carbocycles. The zero-order valence-electron chi connectivity index (χ0n) is 23.2. The molecule has 0 saturated heterocycles. The maximum Gasteiger partial charge on any atom is 0.355 e. The first kappa shape index (κ1) is 30.5. The largest absolute Gasteiger partial charge is 0.744 e. The molecule has 15 heteroatoms. The first-order valence-electron chi connectivity index (χ1n) is 12.7. The van der Waals surface area contributed by atoms with Crippen LogP contribution in [0.2, 0.25) is 0 Å². The third-order valence-electron chi connectivity index (χ3n) is 7.33. The lowest BCUT2D eigenvalue weighted by Gasteiger charge is -2.38. The van der Waals surface area contributed by atoms with E-state index in [1.165, 1.54) is 36.4 Å². The highest BCUT2D eigenvalue weighted by molar-refractivity contribution is 7.86. The van der Waals surface area contributed by atoms with Gasteiger partial charge in [-0.05, 0) is 5.56 Å². The Labute approximate surface area is 254 Å². The number of rotatable bonds is 5. The van der Waals surface area contributed by atoms with Gasteiger partial charge in [0.25, 0.3) is 0 Å². The molecule has 0 fully saturated rings. The van der Waals surface area contributed by atoms with Crippen LogP contribution in [0.4, 0.5) is 5.69 Å². The summed E-state index contributed by atoms with van der Waals surface area (Å²) in [6, 6.07) is 14.8. The summed E-state index contributed by atoms with van der Waals surface area (Å²) < 4.78 is 47.0. The number of phenolic OH excluding ortho intramolecular Hbond substituents is 2. The van der Waals surface area contributed by atoms with Crippen molar-refractivity contribution in [1.29, 1.82) is 5.26 Å². The van der Waals surface area contributed by atoms with Crippen LogP contribution in [-0.2, 0) is 29.2 Å². The van der Waals surface area contributed by atoms with Gasteiger partial charge in [-0.2, -0.15) is 5.26 Å². The van der Waals surface area contributed by atoms with Crippen LogP contribution in [-0.4, -0.2) is 60.9 Å². The molecule has 4 N–H and O–H groups in total. The molecule has 14 nitrogen and oxygen atoms in total. The molecule has 3 aromatic rings. The van der Waals surface area contributed by atoms with Gasteiger partial charge in [0.1, 0.15) is 38.0 Å². The maximum absolute atomic E-state index is 14.0. The third-order valence-corrected chi connectivity index (χ3v) is 8.22. The van der Waals surface area contributed by atoms with E-state index in [-0.39, 0.29) is 16.7 Å². The molecule has 0 radical (unpaired) electrons. The second kappa shape index (κ2) is 10.9. The molecule has 2 aliphatic rings. The van der Waals surface area contributed by atoms with Crippen LogP contribution in [0.25, 0.3) is 0 Å². The lowest BCUT2D eigenvalue weighted by Crippen LogP contribution is -2.42. The van der Waals surface area contributed by atoms with Gasteiger partial charge in [-0.25, -0.2) is 18.0 Å². The Bertz CT molecular complexity index is 2080. The van der Waals surface area contributed by atoms with Gasteiger partial charge in [0.2, 0.25) is 0 Å². The first-order chi connectivity index (χ1) is 21.3. The van der Waals surface area contributed by atoms with Crippen molar-refractivity contribution in [2.24, 2.45) is 5.73 Å². The molecule has 5 rings (SSSR count). The predicted molar refractivity (Wildman–Crippen MR) is 151 cm³/mol. The lowest BCUT2D eigenvalue weighted by atomic mass is 9.79. The van der Waals surface area contributed by atoms with Gasteiger partial charge in [0, 0.05) is 11.1 Å². The fourth-order valence-electron chi connectivity index (χ4n) is 5.48. The Kier molecular flexibility index (Phi) is 7.41. The number of hydrogen-bond acceptors (Lipinski definition) is 14. The normalized spacial score (nSPS) is 16.1. The number of fused-ring (bicyclic) bond motifs is 2. The molecule has 0 spiro atoms. The number of carbonyl (C=O) groups excluding carboxylic acids is 4. The van der Waals surface area contributed by atoms with Gasteiger partial charge < -0.3 is 30.0 Å². The van der Waals surface area contributed by atoms with E-state index in [2.05, 4.69) is 0 Å². The first-order valence-corrected chi connectivity index (χ1v) is 14.1. The highest BCUT2D eigenvalue weighted by Crippen LogP contribution is 2.53. The molecule has 1 aliphatic heterocycles. The number of esters is 2. The number of methoxy groups -OCH3 is 2. The Balaban J connectivity index is 2.03. The maximum atomic E-state index is 14.0. The zero-order chi connectivity index (χ0) is 33.0. The summed E-state index contributed by atoms with van der Waals surface area (Å²) in [5.74, 6) is -10.0. The van der Waals surface area contributed by atoms with Gasteiger partial charge in [-0.3, -0.25) is 14.5 Å². The molecule has 0 saturated carbocycles. The van der Waals surface area contributed by atoms with Crippen LogP contribution in [0.1, 0.15) is 43.3 Å². The summed E-state index contributed by atoms with van der Waals surface area (Å²) >= 11 is 0. The van der Waals surface area contributed by atoms with Crippen molar-refractivity contribution in [2.45, 2.75) is 10.8 Å².